The van der Waals surface area contributed by atoms with Crippen molar-refractivity contribution in [2.45, 2.75) is 51.4 Å². The molecule has 3 aromatic rings. The topological polar surface area (TPSA) is 91.4 Å². The van der Waals surface area contributed by atoms with Gasteiger partial charge in [-0.2, -0.15) is 0 Å². The van der Waals surface area contributed by atoms with Crippen molar-refractivity contribution in [3.63, 3.8) is 0 Å². The first-order valence-corrected chi connectivity index (χ1v) is 10.3. The molecule has 1 aliphatic rings. The van der Waals surface area contributed by atoms with Gasteiger partial charge in [0.1, 0.15) is 17.3 Å². The second-order valence-corrected chi connectivity index (χ2v) is 8.18. The highest BCUT2D eigenvalue weighted by Gasteiger charge is 2.26. The number of primary amides is 1. The van der Waals surface area contributed by atoms with Gasteiger partial charge in [0.2, 0.25) is 5.91 Å². The molecule has 2 aromatic carbocycles. The van der Waals surface area contributed by atoms with Crippen molar-refractivity contribution in [2.24, 2.45) is 5.73 Å². The lowest BCUT2D eigenvalue weighted by molar-refractivity contribution is -0.123. The van der Waals surface area contributed by atoms with Gasteiger partial charge in [0.25, 0.3) is 0 Å². The third-order valence-corrected chi connectivity index (χ3v) is 5.49. The molecule has 1 fully saturated rings. The Morgan fingerprint density at radius 2 is 2.07 bits per heavy atom. The number of nitrogens with one attached hydrogen (secondary N) is 1. The van der Waals surface area contributed by atoms with E-state index in [1.54, 1.807) is 13.8 Å². The van der Waals surface area contributed by atoms with Gasteiger partial charge in [-0.25, -0.2) is 4.98 Å². The number of ether oxygens (including phenoxy) is 2. The third-order valence-electron chi connectivity index (χ3n) is 5.49. The molecule has 0 bridgehead atoms. The number of amides is 1. The highest BCUT2D eigenvalue weighted by molar-refractivity contribution is 5.83. The Labute approximate surface area is 176 Å². The number of nitrogens with zero attached hydrogens (tertiary/aromatic N) is 2. The largest absolute Gasteiger partial charge is 0.457 e. The van der Waals surface area contributed by atoms with E-state index in [2.05, 4.69) is 9.88 Å². The summed E-state index contributed by atoms with van der Waals surface area (Å²) in [6.07, 6.45) is 2.26. The summed E-state index contributed by atoms with van der Waals surface area (Å²) in [5.74, 6) is 1.97. The highest BCUT2D eigenvalue weighted by atomic mass is 16.5. The standard InChI is InChI=1S/C23H28N4O3/c1-23(2,22(24)28)25-14-21-26-19-11-10-17(30-16-7-4-3-5-8-16)13-20(19)27(21)15-18-9-6-12-29-18/h3-5,7-8,10-11,13,18,25H,6,9,12,14-15H2,1-2H3,(H2,24,28)/t18-/m0/s1. The Kier molecular flexibility index (Phi) is 5.74. The summed E-state index contributed by atoms with van der Waals surface area (Å²) in [6.45, 7) is 5.47. The fraction of sp³-hybridized carbons (Fsp3) is 0.391. The van der Waals surface area contributed by atoms with Crippen LogP contribution in [-0.4, -0.2) is 33.7 Å². The summed E-state index contributed by atoms with van der Waals surface area (Å²) in [5.41, 5.74) is 6.54. The average molecular weight is 409 g/mol. The summed E-state index contributed by atoms with van der Waals surface area (Å²) < 4.78 is 14.0. The molecule has 4 rings (SSSR count). The van der Waals surface area contributed by atoms with E-state index in [9.17, 15) is 4.79 Å². The smallest absolute Gasteiger partial charge is 0.237 e. The number of rotatable bonds is 8. The number of fused-ring (bicyclic) bond motifs is 1. The number of imidazole rings is 1. The minimum atomic E-state index is -0.825. The molecule has 0 spiro atoms. The molecule has 158 valence electrons. The molecule has 3 N–H and O–H groups in total. The molecule has 0 radical (unpaired) electrons. The number of para-hydroxylation sites is 1. The molecule has 1 amide bonds. The summed E-state index contributed by atoms with van der Waals surface area (Å²) in [4.78, 5) is 16.5. The lowest BCUT2D eigenvalue weighted by atomic mass is 10.1. The van der Waals surface area contributed by atoms with Crippen molar-refractivity contribution < 1.29 is 14.3 Å². The predicted octanol–water partition coefficient (Wildman–Crippen LogP) is 3.36. The van der Waals surface area contributed by atoms with Crippen LogP contribution in [0.4, 0.5) is 0 Å². The molecule has 7 heteroatoms. The van der Waals surface area contributed by atoms with Gasteiger partial charge in [0, 0.05) is 12.7 Å². The van der Waals surface area contributed by atoms with E-state index >= 15 is 0 Å². The van der Waals surface area contributed by atoms with Gasteiger partial charge < -0.3 is 19.8 Å². The lowest BCUT2D eigenvalue weighted by Gasteiger charge is -2.22. The SMILES string of the molecule is CC(C)(NCc1nc2ccc(Oc3ccccc3)cc2n1C[C@@H]1CCCO1)C(N)=O. The zero-order valence-electron chi connectivity index (χ0n) is 17.4. The molecule has 1 aromatic heterocycles. The summed E-state index contributed by atoms with van der Waals surface area (Å²) in [7, 11) is 0. The fourth-order valence-electron chi connectivity index (χ4n) is 3.56. The van der Waals surface area contributed by atoms with Crippen molar-refractivity contribution in [3.05, 3.63) is 54.4 Å². The van der Waals surface area contributed by atoms with Crippen molar-refractivity contribution >= 4 is 16.9 Å². The molecule has 2 heterocycles. The summed E-state index contributed by atoms with van der Waals surface area (Å²) in [5, 5.41) is 3.23. The Hall–Kier alpha value is -2.90. The normalized spacial score (nSPS) is 16.8. The zero-order chi connectivity index (χ0) is 21.1. The maximum atomic E-state index is 11.7. The van der Waals surface area contributed by atoms with Crippen LogP contribution in [0.1, 0.15) is 32.5 Å². The number of aromatic nitrogens is 2. The molecule has 0 unspecified atom stereocenters. The highest BCUT2D eigenvalue weighted by Crippen LogP contribution is 2.28. The summed E-state index contributed by atoms with van der Waals surface area (Å²) in [6, 6.07) is 15.6. The molecule has 0 saturated carbocycles. The van der Waals surface area contributed by atoms with E-state index in [1.807, 2.05) is 48.5 Å². The van der Waals surface area contributed by atoms with Crippen LogP contribution in [0.3, 0.4) is 0 Å². The zero-order valence-corrected chi connectivity index (χ0v) is 17.4. The Bertz CT molecular complexity index is 1020. The molecule has 1 saturated heterocycles. The van der Waals surface area contributed by atoms with Crippen LogP contribution in [0.2, 0.25) is 0 Å². The van der Waals surface area contributed by atoms with Gasteiger partial charge in [-0.05, 0) is 51.0 Å². The fourth-order valence-corrected chi connectivity index (χ4v) is 3.56. The molecule has 1 atom stereocenters. The molecule has 0 aliphatic carbocycles. The van der Waals surface area contributed by atoms with Crippen molar-refractivity contribution in [1.29, 1.82) is 0 Å². The minimum absolute atomic E-state index is 0.156. The number of carbonyl (C=O) groups is 1. The monoisotopic (exact) mass is 408 g/mol. The van der Waals surface area contributed by atoms with Crippen LogP contribution in [0.5, 0.6) is 11.5 Å². The second-order valence-electron chi connectivity index (χ2n) is 8.18. The van der Waals surface area contributed by atoms with Gasteiger partial charge in [0.15, 0.2) is 0 Å². The number of nitrogens with two attached hydrogens (primary N) is 1. The van der Waals surface area contributed by atoms with E-state index in [1.165, 1.54) is 0 Å². The second kappa shape index (κ2) is 8.45. The first-order valence-electron chi connectivity index (χ1n) is 10.3. The minimum Gasteiger partial charge on any atom is -0.457 e. The predicted molar refractivity (Wildman–Crippen MR) is 115 cm³/mol. The molecular formula is C23H28N4O3. The van der Waals surface area contributed by atoms with E-state index in [4.69, 9.17) is 20.2 Å². The number of hydrogen-bond donors (Lipinski definition) is 2. The van der Waals surface area contributed by atoms with Crippen LogP contribution in [0.25, 0.3) is 11.0 Å². The van der Waals surface area contributed by atoms with Crippen LogP contribution in [0.15, 0.2) is 48.5 Å². The number of hydrogen-bond acceptors (Lipinski definition) is 5. The van der Waals surface area contributed by atoms with Crippen molar-refractivity contribution in [2.75, 3.05) is 6.61 Å². The molecule has 7 nitrogen and oxygen atoms in total. The van der Waals surface area contributed by atoms with E-state index in [0.29, 0.717) is 13.1 Å². The Balaban J connectivity index is 1.66. The van der Waals surface area contributed by atoms with E-state index in [-0.39, 0.29) is 6.10 Å². The molecular weight excluding hydrogens is 380 g/mol. The van der Waals surface area contributed by atoms with Gasteiger partial charge in [-0.15, -0.1) is 0 Å². The quantitative estimate of drug-likeness (QED) is 0.596. The molecule has 1 aliphatic heterocycles. The van der Waals surface area contributed by atoms with E-state index < -0.39 is 11.4 Å². The third kappa shape index (κ3) is 4.47. The van der Waals surface area contributed by atoms with Gasteiger partial charge in [-0.3, -0.25) is 10.1 Å². The van der Waals surface area contributed by atoms with Crippen molar-refractivity contribution in [3.8, 4) is 11.5 Å². The van der Waals surface area contributed by atoms with Gasteiger partial charge in [-0.1, -0.05) is 18.2 Å². The maximum Gasteiger partial charge on any atom is 0.237 e. The van der Waals surface area contributed by atoms with Gasteiger partial charge >= 0.3 is 0 Å². The summed E-state index contributed by atoms with van der Waals surface area (Å²) >= 11 is 0. The van der Waals surface area contributed by atoms with Crippen LogP contribution in [0, 0.1) is 0 Å². The Morgan fingerprint density at radius 1 is 1.27 bits per heavy atom. The first kappa shape index (κ1) is 20.4. The van der Waals surface area contributed by atoms with Crippen LogP contribution < -0.4 is 15.8 Å². The first-order chi connectivity index (χ1) is 14.4. The number of benzene rings is 2. The average Bonchev–Trinajstić information content (AvgIpc) is 3.36. The van der Waals surface area contributed by atoms with E-state index in [0.717, 1.165) is 47.8 Å². The van der Waals surface area contributed by atoms with Crippen LogP contribution >= 0.6 is 0 Å². The number of carbonyl (C=O) groups excluding carboxylic acids is 1. The molecule has 30 heavy (non-hydrogen) atoms. The lowest BCUT2D eigenvalue weighted by Crippen LogP contribution is -2.50. The Morgan fingerprint density at radius 3 is 2.77 bits per heavy atom. The maximum absolute atomic E-state index is 11.7. The van der Waals surface area contributed by atoms with Crippen molar-refractivity contribution in [1.82, 2.24) is 14.9 Å². The van der Waals surface area contributed by atoms with Gasteiger partial charge in [0.05, 0.1) is 35.8 Å². The van der Waals surface area contributed by atoms with Crippen LogP contribution in [-0.2, 0) is 22.6 Å².